The van der Waals surface area contributed by atoms with Crippen LogP contribution < -0.4 is 4.74 Å². The van der Waals surface area contributed by atoms with Crippen LogP contribution in [0.5, 0.6) is 11.5 Å². The van der Waals surface area contributed by atoms with Crippen LogP contribution in [0.2, 0.25) is 5.02 Å². The third-order valence-corrected chi connectivity index (χ3v) is 4.15. The van der Waals surface area contributed by atoms with Crippen molar-refractivity contribution in [3.05, 3.63) is 89.7 Å². The van der Waals surface area contributed by atoms with E-state index in [9.17, 15) is 0 Å². The minimum absolute atomic E-state index is 0.714. The molecule has 0 unspecified atom stereocenters. The monoisotopic (exact) mass is 334 g/mol. The number of aromatic nitrogens is 2. The number of imidazole rings is 1. The molecule has 4 aromatic rings. The van der Waals surface area contributed by atoms with Crippen LogP contribution in [0, 0.1) is 0 Å². The second kappa shape index (κ2) is 6.38. The number of fused-ring (bicyclic) bond motifs is 1. The maximum absolute atomic E-state index is 6.30. The molecule has 0 aliphatic heterocycles. The van der Waals surface area contributed by atoms with E-state index in [1.165, 1.54) is 0 Å². The van der Waals surface area contributed by atoms with Crippen molar-refractivity contribution in [1.29, 1.82) is 0 Å². The summed E-state index contributed by atoms with van der Waals surface area (Å²) in [5, 5.41) is 0.717. The lowest BCUT2D eigenvalue weighted by Gasteiger charge is -2.08. The van der Waals surface area contributed by atoms with Gasteiger partial charge in [-0.25, -0.2) is 4.98 Å². The van der Waals surface area contributed by atoms with E-state index in [0.29, 0.717) is 11.6 Å². The quantitative estimate of drug-likeness (QED) is 0.490. The van der Waals surface area contributed by atoms with Gasteiger partial charge in [-0.05, 0) is 42.0 Å². The molecule has 1 aromatic heterocycles. The van der Waals surface area contributed by atoms with Crippen molar-refractivity contribution < 1.29 is 4.74 Å². The molecule has 4 rings (SSSR count). The van der Waals surface area contributed by atoms with Crippen LogP contribution >= 0.6 is 11.6 Å². The fourth-order valence-electron chi connectivity index (χ4n) is 2.69. The Balaban J connectivity index is 1.55. The Bertz CT molecular complexity index is 962. The molecule has 0 amide bonds. The van der Waals surface area contributed by atoms with Crippen molar-refractivity contribution in [3.8, 4) is 11.5 Å². The highest BCUT2D eigenvalue weighted by molar-refractivity contribution is 6.34. The molecule has 0 radical (unpaired) electrons. The van der Waals surface area contributed by atoms with Crippen LogP contribution in [-0.2, 0) is 6.54 Å². The molecule has 0 spiro atoms. The summed E-state index contributed by atoms with van der Waals surface area (Å²) in [6.45, 7) is 0.714. The van der Waals surface area contributed by atoms with Gasteiger partial charge >= 0.3 is 0 Å². The minimum Gasteiger partial charge on any atom is -0.457 e. The van der Waals surface area contributed by atoms with Crippen molar-refractivity contribution in [3.63, 3.8) is 0 Å². The molecule has 0 saturated heterocycles. The Morgan fingerprint density at radius 3 is 2.38 bits per heavy atom. The molecule has 0 fully saturated rings. The van der Waals surface area contributed by atoms with Crippen molar-refractivity contribution in [2.75, 3.05) is 0 Å². The summed E-state index contributed by atoms with van der Waals surface area (Å²) in [4.78, 5) is 4.40. The lowest BCUT2D eigenvalue weighted by molar-refractivity contribution is 0.482. The molecule has 0 saturated carbocycles. The van der Waals surface area contributed by atoms with Gasteiger partial charge in [0.25, 0.3) is 0 Å². The van der Waals surface area contributed by atoms with Gasteiger partial charge in [-0.2, -0.15) is 0 Å². The van der Waals surface area contributed by atoms with Gasteiger partial charge in [0.15, 0.2) is 0 Å². The highest BCUT2D eigenvalue weighted by atomic mass is 35.5. The van der Waals surface area contributed by atoms with Crippen LogP contribution in [0.4, 0.5) is 0 Å². The highest BCUT2D eigenvalue weighted by Gasteiger charge is 2.07. The standard InChI is InChI=1S/C20H15ClN2O/c21-18-7-4-8-19-20(18)23(14-22-19)13-15-9-11-17(12-10-15)24-16-5-2-1-3-6-16/h1-12,14H,13H2. The first-order valence-corrected chi connectivity index (χ1v) is 8.08. The number of rotatable bonds is 4. The van der Waals surface area contributed by atoms with E-state index in [2.05, 4.69) is 21.7 Å². The van der Waals surface area contributed by atoms with Gasteiger partial charge in [-0.3, -0.25) is 0 Å². The van der Waals surface area contributed by atoms with Crippen LogP contribution in [-0.4, -0.2) is 9.55 Å². The Labute approximate surface area is 145 Å². The summed E-state index contributed by atoms with van der Waals surface area (Å²) in [6, 6.07) is 23.6. The first-order valence-electron chi connectivity index (χ1n) is 7.71. The zero-order chi connectivity index (χ0) is 16.4. The molecule has 0 atom stereocenters. The maximum Gasteiger partial charge on any atom is 0.127 e. The van der Waals surface area contributed by atoms with E-state index in [-0.39, 0.29) is 0 Å². The van der Waals surface area contributed by atoms with E-state index in [4.69, 9.17) is 16.3 Å². The lowest BCUT2D eigenvalue weighted by Crippen LogP contribution is -1.98. The van der Waals surface area contributed by atoms with Gasteiger partial charge in [0.05, 0.1) is 22.4 Å². The largest absolute Gasteiger partial charge is 0.457 e. The van der Waals surface area contributed by atoms with Crippen LogP contribution in [0.1, 0.15) is 5.56 Å². The van der Waals surface area contributed by atoms with E-state index in [0.717, 1.165) is 28.1 Å². The minimum atomic E-state index is 0.714. The summed E-state index contributed by atoms with van der Waals surface area (Å²) in [7, 11) is 0. The SMILES string of the molecule is Clc1cccc2ncn(Cc3ccc(Oc4ccccc4)cc3)c12. The average molecular weight is 335 g/mol. The number of benzene rings is 3. The summed E-state index contributed by atoms with van der Waals surface area (Å²) < 4.78 is 7.88. The predicted molar refractivity (Wildman–Crippen MR) is 96.8 cm³/mol. The van der Waals surface area contributed by atoms with E-state index >= 15 is 0 Å². The Morgan fingerprint density at radius 2 is 1.58 bits per heavy atom. The molecule has 118 valence electrons. The number of ether oxygens (including phenoxy) is 1. The maximum atomic E-state index is 6.30. The van der Waals surface area contributed by atoms with Crippen molar-refractivity contribution in [2.45, 2.75) is 6.54 Å². The second-order valence-electron chi connectivity index (χ2n) is 5.54. The fourth-order valence-corrected chi connectivity index (χ4v) is 2.96. The second-order valence-corrected chi connectivity index (χ2v) is 5.95. The number of nitrogens with zero attached hydrogens (tertiary/aromatic N) is 2. The molecular formula is C20H15ClN2O. The van der Waals surface area contributed by atoms with E-state index < -0.39 is 0 Å². The summed E-state index contributed by atoms with van der Waals surface area (Å²) >= 11 is 6.30. The lowest BCUT2D eigenvalue weighted by atomic mass is 10.2. The highest BCUT2D eigenvalue weighted by Crippen LogP contribution is 2.25. The van der Waals surface area contributed by atoms with Gasteiger partial charge in [-0.15, -0.1) is 0 Å². The summed E-state index contributed by atoms with van der Waals surface area (Å²) in [5.74, 6) is 1.65. The topological polar surface area (TPSA) is 27.1 Å². The van der Waals surface area contributed by atoms with Crippen LogP contribution in [0.3, 0.4) is 0 Å². The predicted octanol–water partition coefficient (Wildman–Crippen LogP) is 5.53. The molecular weight excluding hydrogens is 320 g/mol. The summed E-state index contributed by atoms with van der Waals surface area (Å²) in [5.41, 5.74) is 3.03. The molecule has 0 bridgehead atoms. The van der Waals surface area contributed by atoms with E-state index in [1.807, 2.05) is 67.0 Å². The van der Waals surface area contributed by atoms with Gasteiger partial charge in [0, 0.05) is 6.54 Å². The normalized spacial score (nSPS) is 10.9. The van der Waals surface area contributed by atoms with Crippen LogP contribution in [0.15, 0.2) is 79.1 Å². The number of hydrogen-bond acceptors (Lipinski definition) is 2. The molecule has 4 heteroatoms. The number of halogens is 1. The molecule has 24 heavy (non-hydrogen) atoms. The average Bonchev–Trinajstić information content (AvgIpc) is 3.02. The molecule has 0 aliphatic carbocycles. The first kappa shape index (κ1) is 14.8. The zero-order valence-electron chi connectivity index (χ0n) is 12.9. The number of para-hydroxylation sites is 2. The molecule has 3 nitrogen and oxygen atoms in total. The summed E-state index contributed by atoms with van der Waals surface area (Å²) in [6.07, 6.45) is 1.82. The van der Waals surface area contributed by atoms with Crippen molar-refractivity contribution in [1.82, 2.24) is 9.55 Å². The molecule has 0 N–H and O–H groups in total. The molecule has 3 aromatic carbocycles. The van der Waals surface area contributed by atoms with Gasteiger partial charge in [0.2, 0.25) is 0 Å². The zero-order valence-corrected chi connectivity index (χ0v) is 13.6. The fraction of sp³-hybridized carbons (Fsp3) is 0.0500. The van der Waals surface area contributed by atoms with Crippen LogP contribution in [0.25, 0.3) is 11.0 Å². The first-order chi connectivity index (χ1) is 11.8. The third kappa shape index (κ3) is 2.99. The van der Waals surface area contributed by atoms with Crippen molar-refractivity contribution in [2.24, 2.45) is 0 Å². The van der Waals surface area contributed by atoms with Gasteiger partial charge in [0.1, 0.15) is 11.5 Å². The number of hydrogen-bond donors (Lipinski definition) is 0. The molecule has 0 aliphatic rings. The van der Waals surface area contributed by atoms with Gasteiger partial charge in [-0.1, -0.05) is 48.0 Å². The molecule has 1 heterocycles. The Morgan fingerprint density at radius 1 is 0.833 bits per heavy atom. The Kier molecular flexibility index (Phi) is 3.93. The smallest absolute Gasteiger partial charge is 0.127 e. The van der Waals surface area contributed by atoms with E-state index in [1.54, 1.807) is 0 Å². The van der Waals surface area contributed by atoms with Crippen molar-refractivity contribution >= 4 is 22.6 Å². The Hall–Kier alpha value is -2.78. The van der Waals surface area contributed by atoms with Gasteiger partial charge < -0.3 is 9.30 Å². The third-order valence-electron chi connectivity index (χ3n) is 3.84.